The average Bonchev–Trinajstić information content (AvgIpc) is 2.85. The Morgan fingerprint density at radius 1 is 1.35 bits per heavy atom. The van der Waals surface area contributed by atoms with Gasteiger partial charge in [-0.25, -0.2) is 0 Å². The highest BCUT2D eigenvalue weighted by Gasteiger charge is 2.30. The van der Waals surface area contributed by atoms with Crippen molar-refractivity contribution in [1.82, 2.24) is 20.0 Å². The topological polar surface area (TPSA) is 33.1 Å². The van der Waals surface area contributed by atoms with Gasteiger partial charge in [0.1, 0.15) is 0 Å². The van der Waals surface area contributed by atoms with Crippen LogP contribution in [0, 0.1) is 0 Å². The van der Waals surface area contributed by atoms with Gasteiger partial charge in [-0.05, 0) is 38.3 Å². The third kappa shape index (κ3) is 3.07. The lowest BCUT2D eigenvalue weighted by Gasteiger charge is -2.25. The zero-order chi connectivity index (χ0) is 11.5. The second kappa shape index (κ2) is 5.19. The molecule has 1 aromatic rings. The Morgan fingerprint density at radius 3 is 2.94 bits per heavy atom. The molecule has 2 aliphatic rings. The highest BCUT2D eigenvalue weighted by Crippen LogP contribution is 2.27. The van der Waals surface area contributed by atoms with Gasteiger partial charge in [0.25, 0.3) is 0 Å². The minimum atomic E-state index is 0.730. The Labute approximate surface area is 103 Å². The molecule has 1 aliphatic carbocycles. The molecule has 1 aliphatic heterocycles. The normalized spacial score (nSPS) is 24.6. The Bertz CT molecular complexity index is 325. The van der Waals surface area contributed by atoms with Crippen LogP contribution in [0.15, 0.2) is 18.5 Å². The SMILES string of the molecule is c1cnn(CCN(CC2CCCN2)C2CC2)c1. The Balaban J connectivity index is 1.49. The summed E-state index contributed by atoms with van der Waals surface area (Å²) in [4.78, 5) is 2.66. The molecule has 0 radical (unpaired) electrons. The summed E-state index contributed by atoms with van der Waals surface area (Å²) in [5.41, 5.74) is 0. The molecule has 1 unspecified atom stereocenters. The van der Waals surface area contributed by atoms with Crippen LogP contribution in [0.1, 0.15) is 25.7 Å². The van der Waals surface area contributed by atoms with Gasteiger partial charge in [-0.1, -0.05) is 0 Å². The van der Waals surface area contributed by atoms with Gasteiger partial charge in [-0.2, -0.15) is 5.10 Å². The van der Waals surface area contributed by atoms with E-state index in [1.54, 1.807) is 0 Å². The standard InChI is InChI=1S/C13H22N4/c1-3-12(14-6-1)11-16(13-4-5-13)9-10-17-8-2-7-15-17/h2,7-8,12-14H,1,3-6,9-11H2. The number of hydrogen-bond acceptors (Lipinski definition) is 3. The van der Waals surface area contributed by atoms with Crippen LogP contribution in [0.3, 0.4) is 0 Å². The van der Waals surface area contributed by atoms with E-state index in [0.29, 0.717) is 0 Å². The van der Waals surface area contributed by atoms with Crippen molar-refractivity contribution >= 4 is 0 Å². The van der Waals surface area contributed by atoms with E-state index in [4.69, 9.17) is 0 Å². The first kappa shape index (κ1) is 11.2. The molecule has 94 valence electrons. The van der Waals surface area contributed by atoms with Crippen LogP contribution < -0.4 is 5.32 Å². The van der Waals surface area contributed by atoms with Crippen molar-refractivity contribution in [1.29, 1.82) is 0 Å². The van der Waals surface area contributed by atoms with Crippen molar-refractivity contribution in [3.8, 4) is 0 Å². The zero-order valence-electron chi connectivity index (χ0n) is 10.4. The van der Waals surface area contributed by atoms with Crippen LogP contribution in [0.5, 0.6) is 0 Å². The molecule has 1 atom stereocenters. The van der Waals surface area contributed by atoms with Gasteiger partial charge >= 0.3 is 0 Å². The quantitative estimate of drug-likeness (QED) is 0.800. The Hall–Kier alpha value is -0.870. The maximum atomic E-state index is 4.27. The maximum absolute atomic E-state index is 4.27. The smallest absolute Gasteiger partial charge is 0.0536 e. The summed E-state index contributed by atoms with van der Waals surface area (Å²) in [5, 5.41) is 7.87. The lowest BCUT2D eigenvalue weighted by atomic mass is 10.2. The van der Waals surface area contributed by atoms with E-state index >= 15 is 0 Å². The number of nitrogens with one attached hydrogen (secondary N) is 1. The monoisotopic (exact) mass is 234 g/mol. The molecule has 1 aromatic heterocycles. The minimum Gasteiger partial charge on any atom is -0.313 e. The fraction of sp³-hybridized carbons (Fsp3) is 0.769. The first-order valence-corrected chi connectivity index (χ1v) is 6.87. The molecule has 0 amide bonds. The minimum absolute atomic E-state index is 0.730. The molecule has 0 aromatic carbocycles. The molecular weight excluding hydrogens is 212 g/mol. The maximum Gasteiger partial charge on any atom is 0.0536 e. The van der Waals surface area contributed by atoms with Crippen LogP contribution in [-0.4, -0.2) is 46.4 Å². The molecule has 1 N–H and O–H groups in total. The molecule has 1 saturated carbocycles. The van der Waals surface area contributed by atoms with Crippen LogP contribution >= 0.6 is 0 Å². The second-order valence-corrected chi connectivity index (χ2v) is 5.29. The van der Waals surface area contributed by atoms with Gasteiger partial charge in [-0.15, -0.1) is 0 Å². The van der Waals surface area contributed by atoms with E-state index in [1.807, 2.05) is 16.9 Å². The summed E-state index contributed by atoms with van der Waals surface area (Å²) in [7, 11) is 0. The summed E-state index contributed by atoms with van der Waals surface area (Å²) >= 11 is 0. The molecule has 4 nitrogen and oxygen atoms in total. The van der Waals surface area contributed by atoms with E-state index in [-0.39, 0.29) is 0 Å². The summed E-state index contributed by atoms with van der Waals surface area (Å²) < 4.78 is 2.04. The summed E-state index contributed by atoms with van der Waals surface area (Å²) in [6.07, 6.45) is 9.41. The van der Waals surface area contributed by atoms with Crippen LogP contribution in [-0.2, 0) is 6.54 Å². The zero-order valence-corrected chi connectivity index (χ0v) is 10.4. The molecule has 0 spiro atoms. The van der Waals surface area contributed by atoms with E-state index < -0.39 is 0 Å². The summed E-state index contributed by atoms with van der Waals surface area (Å²) in [5.74, 6) is 0. The van der Waals surface area contributed by atoms with Gasteiger partial charge in [0, 0.05) is 37.6 Å². The van der Waals surface area contributed by atoms with E-state index in [2.05, 4.69) is 21.5 Å². The van der Waals surface area contributed by atoms with Crippen molar-refractivity contribution in [3.63, 3.8) is 0 Å². The van der Waals surface area contributed by atoms with E-state index in [1.165, 1.54) is 38.8 Å². The van der Waals surface area contributed by atoms with Crippen LogP contribution in [0.4, 0.5) is 0 Å². The first-order chi connectivity index (χ1) is 8.42. The van der Waals surface area contributed by atoms with Crippen LogP contribution in [0.25, 0.3) is 0 Å². The van der Waals surface area contributed by atoms with Crippen molar-refractivity contribution < 1.29 is 0 Å². The fourth-order valence-corrected chi connectivity index (χ4v) is 2.72. The van der Waals surface area contributed by atoms with Gasteiger partial charge in [-0.3, -0.25) is 9.58 Å². The third-order valence-electron chi connectivity index (χ3n) is 3.86. The number of nitrogens with zero attached hydrogens (tertiary/aromatic N) is 3. The van der Waals surface area contributed by atoms with Crippen molar-refractivity contribution in [2.45, 2.75) is 44.3 Å². The Morgan fingerprint density at radius 2 is 2.29 bits per heavy atom. The molecule has 2 heterocycles. The van der Waals surface area contributed by atoms with E-state index in [0.717, 1.165) is 25.2 Å². The molecule has 3 rings (SSSR count). The summed E-state index contributed by atoms with van der Waals surface area (Å²) in [6, 6.07) is 3.58. The predicted molar refractivity (Wildman–Crippen MR) is 67.8 cm³/mol. The molecule has 2 fully saturated rings. The fourth-order valence-electron chi connectivity index (χ4n) is 2.72. The third-order valence-corrected chi connectivity index (χ3v) is 3.86. The lowest BCUT2D eigenvalue weighted by Crippen LogP contribution is -2.40. The summed E-state index contributed by atoms with van der Waals surface area (Å²) in [6.45, 7) is 4.61. The Kier molecular flexibility index (Phi) is 3.43. The molecular formula is C13H22N4. The van der Waals surface area contributed by atoms with E-state index in [9.17, 15) is 0 Å². The highest BCUT2D eigenvalue weighted by atomic mass is 15.3. The predicted octanol–water partition coefficient (Wildman–Crippen LogP) is 1.10. The largest absolute Gasteiger partial charge is 0.313 e. The van der Waals surface area contributed by atoms with Crippen LogP contribution in [0.2, 0.25) is 0 Å². The molecule has 4 heteroatoms. The van der Waals surface area contributed by atoms with Gasteiger partial charge in [0.05, 0.1) is 6.54 Å². The van der Waals surface area contributed by atoms with Gasteiger partial charge < -0.3 is 5.32 Å². The average molecular weight is 234 g/mol. The van der Waals surface area contributed by atoms with Gasteiger partial charge in [0.2, 0.25) is 0 Å². The number of aromatic nitrogens is 2. The van der Waals surface area contributed by atoms with Crippen molar-refractivity contribution in [3.05, 3.63) is 18.5 Å². The lowest BCUT2D eigenvalue weighted by molar-refractivity contribution is 0.227. The van der Waals surface area contributed by atoms with Gasteiger partial charge in [0.15, 0.2) is 0 Å². The second-order valence-electron chi connectivity index (χ2n) is 5.29. The number of hydrogen-bond donors (Lipinski definition) is 1. The van der Waals surface area contributed by atoms with Crippen molar-refractivity contribution in [2.75, 3.05) is 19.6 Å². The number of rotatable bonds is 6. The van der Waals surface area contributed by atoms with Crippen molar-refractivity contribution in [2.24, 2.45) is 0 Å². The highest BCUT2D eigenvalue weighted by molar-refractivity contribution is 4.88. The molecule has 1 saturated heterocycles. The first-order valence-electron chi connectivity index (χ1n) is 6.87. The molecule has 0 bridgehead atoms. The molecule has 17 heavy (non-hydrogen) atoms.